The van der Waals surface area contributed by atoms with Gasteiger partial charge >= 0.3 is 38.9 Å². The van der Waals surface area contributed by atoms with Gasteiger partial charge in [0.15, 0.2) is 0 Å². The van der Waals surface area contributed by atoms with E-state index in [-0.39, 0.29) is 18.9 Å². The van der Waals surface area contributed by atoms with Crippen LogP contribution < -0.4 is 0 Å². The Hall–Kier alpha value is 0.947. The van der Waals surface area contributed by atoms with Crippen molar-refractivity contribution in [2.24, 2.45) is 0 Å². The van der Waals surface area contributed by atoms with E-state index < -0.39 is 0 Å². The van der Waals surface area contributed by atoms with E-state index in [1.54, 1.807) is 0 Å². The van der Waals surface area contributed by atoms with Gasteiger partial charge in [-0.15, -0.1) is 0 Å². The fourth-order valence-corrected chi connectivity index (χ4v) is 0. The molecule has 0 atom stereocenters. The summed E-state index contributed by atoms with van der Waals surface area (Å²) in [5.41, 5.74) is 0. The summed E-state index contributed by atoms with van der Waals surface area (Å²) in [5, 5.41) is 0. The Morgan fingerprint density at radius 1 is 1.20 bits per heavy atom. The van der Waals surface area contributed by atoms with Crippen molar-refractivity contribution in [1.29, 1.82) is 0 Å². The summed E-state index contributed by atoms with van der Waals surface area (Å²) in [4.78, 5) is 0. The summed E-state index contributed by atoms with van der Waals surface area (Å²) in [7, 11) is 0.611. The van der Waals surface area contributed by atoms with E-state index in [0.717, 1.165) is 0 Å². The van der Waals surface area contributed by atoms with Crippen LogP contribution in [0.5, 0.6) is 0 Å². The van der Waals surface area contributed by atoms with Crippen LogP contribution in [-0.4, -0.2) is 45.2 Å². The molecule has 5 heavy (non-hydrogen) atoms. The van der Waals surface area contributed by atoms with Crippen LogP contribution in [0.15, 0.2) is 0 Å². The van der Waals surface area contributed by atoms with Gasteiger partial charge in [-0.25, -0.2) is 0 Å². The third-order valence-electron chi connectivity index (χ3n) is 0. The normalized spacial score (nSPS) is 1.40. The zero-order valence-electron chi connectivity index (χ0n) is 2.23. The summed E-state index contributed by atoms with van der Waals surface area (Å²) in [5.74, 6) is 0. The fourth-order valence-electron chi connectivity index (χ4n) is 0. The molecule has 0 saturated heterocycles. The summed E-state index contributed by atoms with van der Waals surface area (Å²) in [6, 6.07) is 0. The molecule has 0 aromatic heterocycles. The average molecular weight is 98.0 g/mol. The van der Waals surface area contributed by atoms with Gasteiger partial charge in [-0.1, -0.05) is 0 Å². The molecule has 0 heterocycles. The van der Waals surface area contributed by atoms with Crippen LogP contribution in [0, 0.1) is 0 Å². The Morgan fingerprint density at radius 3 is 1.20 bits per heavy atom. The molecule has 0 unspecified atom stereocenters. The fraction of sp³-hybridized carbons (Fsp3) is 0. The molecule has 0 fully saturated rings. The molecule has 0 bridgehead atoms. The molecule has 0 aromatic rings. The average Bonchev–Trinajstić information content (AvgIpc) is 1.50. The van der Waals surface area contributed by atoms with Crippen LogP contribution in [-0.2, 0) is 8.27 Å². The van der Waals surface area contributed by atoms with E-state index in [9.17, 15) is 0 Å². The second-order valence-corrected chi connectivity index (χ2v) is 0. The Morgan fingerprint density at radius 2 is 1.20 bits per heavy atom. The van der Waals surface area contributed by atoms with Crippen molar-refractivity contribution >= 4 is 45.2 Å². The van der Waals surface area contributed by atoms with Crippen molar-refractivity contribution in [3.63, 3.8) is 0 Å². The first-order valence-electron chi connectivity index (χ1n) is 0.577. The van der Waals surface area contributed by atoms with Gasteiger partial charge in [-0.05, 0) is 0 Å². The van der Waals surface area contributed by atoms with Crippen molar-refractivity contribution in [2.45, 2.75) is 0 Å². The molecule has 0 aliphatic carbocycles. The van der Waals surface area contributed by atoms with E-state index in [2.05, 4.69) is 0 Å². The quantitative estimate of drug-likeness (QED) is 0.315. The van der Waals surface area contributed by atoms with Gasteiger partial charge in [-0.3, -0.25) is 0 Å². The topological polar surface area (TPSA) is 34.1 Å². The first-order valence-corrected chi connectivity index (χ1v) is 1.73. The molecule has 0 aliphatic heterocycles. The van der Waals surface area contributed by atoms with Gasteiger partial charge in [0.05, 0.1) is 0 Å². The van der Waals surface area contributed by atoms with E-state index >= 15 is 0 Å². The molecule has 0 amide bonds. The minimum atomic E-state index is 0. The van der Waals surface area contributed by atoms with Crippen LogP contribution in [0.3, 0.4) is 0 Å². The molecule has 0 aromatic carbocycles. The molecule has 5 heteroatoms. The number of hydrogen-bond donors (Lipinski definition) is 0. The van der Waals surface area contributed by atoms with Gasteiger partial charge < -0.3 is 4.46 Å². The molecule has 0 saturated carbocycles. The summed E-state index contributed by atoms with van der Waals surface area (Å²) >= 11 is 0.611. The van der Waals surface area contributed by atoms with Gasteiger partial charge in [0.25, 0.3) is 0 Å². The van der Waals surface area contributed by atoms with Crippen molar-refractivity contribution in [3.8, 4) is 0 Å². The van der Waals surface area contributed by atoms with Crippen LogP contribution in [0.25, 0.3) is 0 Å². The second-order valence-electron chi connectivity index (χ2n) is 0. The van der Waals surface area contributed by atoms with E-state index in [1.165, 1.54) is 0 Å². The Kier molecular flexibility index (Phi) is 288. The van der Waals surface area contributed by atoms with E-state index in [4.69, 9.17) is 8.27 Å². The molecular weight excluding hydrogens is 94.0 g/mol. The second kappa shape index (κ2) is 86.0. The van der Waals surface area contributed by atoms with Crippen molar-refractivity contribution < 1.29 is 8.27 Å². The predicted octanol–water partition coefficient (Wildman–Crippen LogP) is -2.45. The molecule has 0 radical (unpaired) electrons. The summed E-state index contributed by atoms with van der Waals surface area (Å²) < 4.78 is 16.6. The zero-order chi connectivity index (χ0) is 4.00. The van der Waals surface area contributed by atoms with E-state index in [1.807, 2.05) is 0 Å². The third-order valence-corrected chi connectivity index (χ3v) is 0. The molecule has 2 nitrogen and oxygen atoms in total. The molecule has 0 rings (SSSR count). The van der Waals surface area contributed by atoms with E-state index in [0.29, 0.717) is 26.4 Å². The molecule has 24 valence electrons. The molecule has 0 spiro atoms. The molecule has 0 N–H and O–H groups in total. The monoisotopic (exact) mass is 98.0 g/mol. The first kappa shape index (κ1) is 16.8. The molecular formula is H4AlLiO2Si. The summed E-state index contributed by atoms with van der Waals surface area (Å²) in [6.45, 7) is 0. The Balaban J connectivity index is -0.0000000133. The maximum atomic E-state index is 8.28. The van der Waals surface area contributed by atoms with Crippen molar-refractivity contribution in [2.75, 3.05) is 0 Å². The van der Waals surface area contributed by atoms with Crippen LogP contribution in [0.1, 0.15) is 0 Å². The minimum absolute atomic E-state index is 0. The van der Waals surface area contributed by atoms with Crippen LogP contribution >= 0.6 is 0 Å². The Bertz CT molecular complexity index is 11.6. The predicted molar refractivity (Wildman–Crippen MR) is 24.2 cm³/mol. The van der Waals surface area contributed by atoms with Crippen LogP contribution in [0.2, 0.25) is 0 Å². The third kappa shape index (κ3) is 47.9. The number of rotatable bonds is 0. The van der Waals surface area contributed by atoms with Crippen molar-refractivity contribution in [3.05, 3.63) is 0 Å². The number of hydrogen-bond acceptors (Lipinski definition) is 2. The van der Waals surface area contributed by atoms with Crippen LogP contribution in [0.4, 0.5) is 0 Å². The Labute approximate surface area is 53.6 Å². The molecule has 0 aliphatic rings. The van der Waals surface area contributed by atoms with Crippen molar-refractivity contribution in [1.82, 2.24) is 0 Å². The maximum absolute atomic E-state index is 8.28. The zero-order valence-corrected chi connectivity index (χ0v) is 5.06. The SMILES string of the molecule is O=[SiH2].[LiH].[O]=[AlH]. The van der Waals surface area contributed by atoms with Gasteiger partial charge in [0.2, 0.25) is 10.1 Å². The van der Waals surface area contributed by atoms with Gasteiger partial charge in [-0.2, -0.15) is 0 Å². The standard InChI is InChI=1S/Al.Li.H2OSi.O.2H/c;;1-2;;;/h;;2H2;;;. The van der Waals surface area contributed by atoms with Gasteiger partial charge in [0, 0.05) is 0 Å². The first-order chi connectivity index (χ1) is 2.00. The summed E-state index contributed by atoms with van der Waals surface area (Å²) in [6.07, 6.45) is 0. The van der Waals surface area contributed by atoms with Gasteiger partial charge in [0.1, 0.15) is 0 Å².